The zero-order valence-electron chi connectivity index (χ0n) is 11.5. The van der Waals surface area contributed by atoms with Crippen LogP contribution in [0.15, 0.2) is 18.2 Å². The summed E-state index contributed by atoms with van der Waals surface area (Å²) >= 11 is 12.2. The van der Waals surface area contributed by atoms with Crippen LogP contribution in [0.2, 0.25) is 10.0 Å². The lowest BCUT2D eigenvalue weighted by Gasteiger charge is -2.21. The molecular weight excluding hydrogens is 279 g/mol. The smallest absolute Gasteiger partial charge is 0.0468 e. The average Bonchev–Trinajstić information content (AvgIpc) is 2.89. The Morgan fingerprint density at radius 2 is 2.00 bits per heavy atom. The maximum Gasteiger partial charge on any atom is 0.0468 e. The number of likely N-dealkylation sites (tertiary alicyclic amines) is 1. The summed E-state index contributed by atoms with van der Waals surface area (Å²) in [5, 5.41) is 5.06. The number of halogens is 2. The minimum atomic E-state index is 0.312. The lowest BCUT2D eigenvalue weighted by atomic mass is 10.0. The van der Waals surface area contributed by atoms with Gasteiger partial charge in [-0.2, -0.15) is 0 Å². The van der Waals surface area contributed by atoms with Gasteiger partial charge < -0.3 is 10.2 Å². The van der Waals surface area contributed by atoms with Gasteiger partial charge in [0.05, 0.1) is 0 Å². The van der Waals surface area contributed by atoms with E-state index in [0.717, 1.165) is 30.1 Å². The third-order valence-electron chi connectivity index (χ3n) is 3.76. The predicted octanol–water partition coefficient (Wildman–Crippen LogP) is 4.13. The van der Waals surface area contributed by atoms with Gasteiger partial charge in [0.2, 0.25) is 0 Å². The molecular formula is C15H22Cl2N2. The molecule has 19 heavy (non-hydrogen) atoms. The number of hydrogen-bond donors (Lipinski definition) is 1. The quantitative estimate of drug-likeness (QED) is 0.850. The van der Waals surface area contributed by atoms with Crippen LogP contribution >= 0.6 is 23.2 Å². The number of nitrogens with one attached hydrogen (secondary N) is 1. The van der Waals surface area contributed by atoms with Crippen molar-refractivity contribution in [1.29, 1.82) is 0 Å². The fourth-order valence-corrected chi connectivity index (χ4v) is 3.20. The fraction of sp³-hybridized carbons (Fsp3) is 0.600. The van der Waals surface area contributed by atoms with Gasteiger partial charge in [-0.3, -0.25) is 0 Å². The van der Waals surface area contributed by atoms with Crippen molar-refractivity contribution in [2.45, 2.75) is 32.2 Å². The van der Waals surface area contributed by atoms with Gasteiger partial charge >= 0.3 is 0 Å². The van der Waals surface area contributed by atoms with E-state index >= 15 is 0 Å². The Hall–Kier alpha value is -0.280. The van der Waals surface area contributed by atoms with Crippen LogP contribution in [0, 0.1) is 0 Å². The molecule has 1 aliphatic heterocycles. The summed E-state index contributed by atoms with van der Waals surface area (Å²) in [6.07, 6.45) is 3.72. The molecule has 0 aromatic heterocycles. The van der Waals surface area contributed by atoms with Crippen LogP contribution in [0.25, 0.3) is 0 Å². The summed E-state index contributed by atoms with van der Waals surface area (Å²) in [4.78, 5) is 2.52. The number of rotatable bonds is 6. The van der Waals surface area contributed by atoms with Gasteiger partial charge in [0, 0.05) is 29.2 Å². The molecule has 1 N–H and O–H groups in total. The second-order valence-electron chi connectivity index (χ2n) is 5.13. The van der Waals surface area contributed by atoms with E-state index in [1.165, 1.54) is 25.9 Å². The van der Waals surface area contributed by atoms with Crippen LogP contribution in [0.3, 0.4) is 0 Å². The van der Waals surface area contributed by atoms with E-state index in [1.54, 1.807) is 0 Å². The van der Waals surface area contributed by atoms with Crippen LogP contribution in [0.1, 0.15) is 37.8 Å². The van der Waals surface area contributed by atoms with Crippen LogP contribution in [0.5, 0.6) is 0 Å². The van der Waals surface area contributed by atoms with E-state index < -0.39 is 0 Å². The molecule has 1 heterocycles. The highest BCUT2D eigenvalue weighted by molar-refractivity contribution is 6.35. The second-order valence-corrected chi connectivity index (χ2v) is 5.97. The van der Waals surface area contributed by atoms with E-state index in [2.05, 4.69) is 17.1 Å². The summed E-state index contributed by atoms with van der Waals surface area (Å²) in [5.41, 5.74) is 1.15. The molecule has 0 radical (unpaired) electrons. The van der Waals surface area contributed by atoms with Gasteiger partial charge in [0.15, 0.2) is 0 Å². The van der Waals surface area contributed by atoms with Crippen molar-refractivity contribution < 1.29 is 0 Å². The van der Waals surface area contributed by atoms with Gasteiger partial charge in [-0.05, 0) is 50.0 Å². The van der Waals surface area contributed by atoms with Gasteiger partial charge in [0.1, 0.15) is 0 Å². The molecule has 2 nitrogen and oxygen atoms in total. The molecule has 1 aromatic rings. The predicted molar refractivity (Wildman–Crippen MR) is 83.2 cm³/mol. The number of nitrogens with zero attached hydrogens (tertiary/aromatic N) is 1. The molecule has 1 atom stereocenters. The summed E-state index contributed by atoms with van der Waals surface area (Å²) in [6.45, 7) is 6.82. The lowest BCUT2D eigenvalue weighted by Crippen LogP contribution is -2.32. The molecule has 0 amide bonds. The number of hydrogen-bond acceptors (Lipinski definition) is 2. The SMILES string of the molecule is CCC(NCCN1CCCC1)c1ccc(Cl)cc1Cl. The van der Waals surface area contributed by atoms with E-state index in [9.17, 15) is 0 Å². The Balaban J connectivity index is 1.88. The average molecular weight is 301 g/mol. The first-order valence-electron chi connectivity index (χ1n) is 7.11. The minimum absolute atomic E-state index is 0.312. The summed E-state index contributed by atoms with van der Waals surface area (Å²) in [5.74, 6) is 0. The van der Waals surface area contributed by atoms with E-state index in [4.69, 9.17) is 23.2 Å². The maximum absolute atomic E-state index is 6.27. The van der Waals surface area contributed by atoms with Crippen LogP contribution < -0.4 is 5.32 Å². The Labute approximate surface area is 126 Å². The highest BCUT2D eigenvalue weighted by atomic mass is 35.5. The highest BCUT2D eigenvalue weighted by Gasteiger charge is 2.14. The standard InChI is InChI=1S/C15H22Cl2N2/c1-2-15(13-6-5-12(16)11-14(13)17)18-7-10-19-8-3-4-9-19/h5-6,11,15,18H,2-4,7-10H2,1H3. The molecule has 0 aliphatic carbocycles. The Kier molecular flexibility index (Phi) is 5.96. The van der Waals surface area contributed by atoms with Crippen LogP contribution in [-0.2, 0) is 0 Å². The number of benzene rings is 1. The third kappa shape index (κ3) is 4.35. The molecule has 0 bridgehead atoms. The van der Waals surface area contributed by atoms with Gasteiger partial charge in [-0.1, -0.05) is 36.2 Å². The van der Waals surface area contributed by atoms with Crippen molar-refractivity contribution in [3.63, 3.8) is 0 Å². The first-order valence-corrected chi connectivity index (χ1v) is 7.87. The van der Waals surface area contributed by atoms with Crippen molar-refractivity contribution in [3.05, 3.63) is 33.8 Å². The van der Waals surface area contributed by atoms with Gasteiger partial charge in [-0.15, -0.1) is 0 Å². The molecule has 1 fully saturated rings. The van der Waals surface area contributed by atoms with Crippen molar-refractivity contribution in [2.75, 3.05) is 26.2 Å². The van der Waals surface area contributed by atoms with Gasteiger partial charge in [-0.25, -0.2) is 0 Å². The molecule has 1 aromatic carbocycles. The Bertz CT molecular complexity index is 403. The third-order valence-corrected chi connectivity index (χ3v) is 4.33. The molecule has 2 rings (SSSR count). The molecule has 0 spiro atoms. The minimum Gasteiger partial charge on any atom is -0.309 e. The molecule has 1 aliphatic rings. The van der Waals surface area contributed by atoms with Gasteiger partial charge in [0.25, 0.3) is 0 Å². The second kappa shape index (κ2) is 7.49. The first kappa shape index (κ1) is 15.1. The zero-order valence-corrected chi connectivity index (χ0v) is 13.0. The molecule has 4 heteroatoms. The van der Waals surface area contributed by atoms with Crippen LogP contribution in [-0.4, -0.2) is 31.1 Å². The highest BCUT2D eigenvalue weighted by Crippen LogP contribution is 2.27. The first-order chi connectivity index (χ1) is 9.20. The summed E-state index contributed by atoms with van der Waals surface area (Å²) in [6, 6.07) is 6.07. The normalized spacial score (nSPS) is 17.8. The van der Waals surface area contributed by atoms with Crippen molar-refractivity contribution in [2.24, 2.45) is 0 Å². The van der Waals surface area contributed by atoms with Crippen molar-refractivity contribution in [1.82, 2.24) is 10.2 Å². The van der Waals surface area contributed by atoms with E-state index in [0.29, 0.717) is 11.1 Å². The largest absolute Gasteiger partial charge is 0.309 e. The van der Waals surface area contributed by atoms with Crippen molar-refractivity contribution >= 4 is 23.2 Å². The Morgan fingerprint density at radius 1 is 1.26 bits per heavy atom. The summed E-state index contributed by atoms with van der Waals surface area (Å²) in [7, 11) is 0. The van der Waals surface area contributed by atoms with Crippen LogP contribution in [0.4, 0.5) is 0 Å². The molecule has 106 valence electrons. The summed E-state index contributed by atoms with van der Waals surface area (Å²) < 4.78 is 0. The lowest BCUT2D eigenvalue weighted by molar-refractivity contribution is 0.326. The Morgan fingerprint density at radius 3 is 2.63 bits per heavy atom. The monoisotopic (exact) mass is 300 g/mol. The van der Waals surface area contributed by atoms with Crippen molar-refractivity contribution in [3.8, 4) is 0 Å². The molecule has 1 saturated heterocycles. The topological polar surface area (TPSA) is 15.3 Å². The van der Waals surface area contributed by atoms with E-state index in [1.807, 2.05) is 18.2 Å². The van der Waals surface area contributed by atoms with E-state index in [-0.39, 0.29) is 0 Å². The maximum atomic E-state index is 6.27. The molecule has 1 unspecified atom stereocenters. The molecule has 0 saturated carbocycles. The fourth-order valence-electron chi connectivity index (χ4n) is 2.66. The zero-order chi connectivity index (χ0) is 13.7.